The highest BCUT2D eigenvalue weighted by Gasteiger charge is 2.19. The summed E-state index contributed by atoms with van der Waals surface area (Å²) in [6, 6.07) is 4.04. The van der Waals surface area contributed by atoms with Crippen molar-refractivity contribution in [2.24, 2.45) is 5.92 Å². The number of anilines is 1. The Hall–Kier alpha value is -2.64. The summed E-state index contributed by atoms with van der Waals surface area (Å²) in [4.78, 5) is 34.3. The Labute approximate surface area is 121 Å². The van der Waals surface area contributed by atoms with Gasteiger partial charge in [0.1, 0.15) is 5.69 Å². The highest BCUT2D eigenvalue weighted by atomic mass is 16.6. The Bertz CT molecular complexity index is 571. The minimum absolute atomic E-state index is 0.0527. The summed E-state index contributed by atoms with van der Waals surface area (Å²) in [6.45, 7) is 1.54. The lowest BCUT2D eigenvalue weighted by atomic mass is 10.1. The van der Waals surface area contributed by atoms with E-state index >= 15 is 0 Å². The van der Waals surface area contributed by atoms with Crippen molar-refractivity contribution in [2.45, 2.75) is 6.92 Å². The topological polar surface area (TPSA) is 113 Å². The van der Waals surface area contributed by atoms with Crippen LogP contribution in [0, 0.1) is 16.0 Å². The summed E-state index contributed by atoms with van der Waals surface area (Å²) in [5.41, 5.74) is 0.118. The minimum Gasteiger partial charge on any atom is -0.481 e. The van der Waals surface area contributed by atoms with E-state index in [0.29, 0.717) is 0 Å². The zero-order valence-electron chi connectivity index (χ0n) is 12.0. The molecule has 1 rings (SSSR count). The normalized spacial score (nSPS) is 11.6. The summed E-state index contributed by atoms with van der Waals surface area (Å²) in [7, 11) is 3.10. The molecule has 0 heterocycles. The van der Waals surface area contributed by atoms with Crippen LogP contribution in [-0.2, 0) is 4.79 Å². The molecule has 0 spiro atoms. The molecule has 0 aliphatic carbocycles. The molecule has 0 aromatic heterocycles. The fourth-order valence-electron chi connectivity index (χ4n) is 1.57. The molecule has 8 heteroatoms. The number of rotatable bonds is 6. The number of carbonyl (C=O) groups excluding carboxylic acids is 1. The van der Waals surface area contributed by atoms with Gasteiger partial charge < -0.3 is 15.3 Å². The standard InChI is InChI=1S/C13H17N3O5/c1-8(13(18)19)7-14-10-5-4-9(12(17)15(2)3)6-11(10)16(20)21/h4-6,8,14H,7H2,1-3H3,(H,18,19). The fraction of sp³-hybridized carbons (Fsp3) is 0.385. The Kier molecular flexibility index (Phi) is 5.23. The van der Waals surface area contributed by atoms with E-state index in [9.17, 15) is 19.7 Å². The number of benzene rings is 1. The maximum atomic E-state index is 11.8. The quantitative estimate of drug-likeness (QED) is 0.606. The van der Waals surface area contributed by atoms with Crippen molar-refractivity contribution in [3.05, 3.63) is 33.9 Å². The van der Waals surface area contributed by atoms with Gasteiger partial charge in [-0.05, 0) is 12.1 Å². The van der Waals surface area contributed by atoms with Crippen LogP contribution < -0.4 is 5.32 Å². The van der Waals surface area contributed by atoms with Crippen LogP contribution in [0.3, 0.4) is 0 Å². The number of amides is 1. The van der Waals surface area contributed by atoms with Crippen LogP contribution in [0.15, 0.2) is 18.2 Å². The van der Waals surface area contributed by atoms with Gasteiger partial charge in [-0.3, -0.25) is 19.7 Å². The summed E-state index contributed by atoms with van der Waals surface area (Å²) in [5.74, 6) is -2.03. The van der Waals surface area contributed by atoms with E-state index in [2.05, 4.69) is 5.32 Å². The van der Waals surface area contributed by atoms with Gasteiger partial charge in [-0.15, -0.1) is 0 Å². The molecule has 8 nitrogen and oxygen atoms in total. The van der Waals surface area contributed by atoms with Crippen molar-refractivity contribution >= 4 is 23.3 Å². The first-order valence-electron chi connectivity index (χ1n) is 6.20. The lowest BCUT2D eigenvalue weighted by Gasteiger charge is -2.13. The third-order valence-corrected chi connectivity index (χ3v) is 2.87. The maximum absolute atomic E-state index is 11.8. The zero-order chi connectivity index (χ0) is 16.2. The van der Waals surface area contributed by atoms with Crippen molar-refractivity contribution < 1.29 is 19.6 Å². The Morgan fingerprint density at radius 2 is 2.05 bits per heavy atom. The lowest BCUT2D eigenvalue weighted by molar-refractivity contribution is -0.384. The van der Waals surface area contributed by atoms with Crippen LogP contribution in [0.5, 0.6) is 0 Å². The third kappa shape index (κ3) is 4.16. The van der Waals surface area contributed by atoms with Crippen LogP contribution in [0.1, 0.15) is 17.3 Å². The Balaban J connectivity index is 3.03. The molecule has 0 saturated carbocycles. The molecule has 114 valence electrons. The molecular weight excluding hydrogens is 278 g/mol. The zero-order valence-corrected chi connectivity index (χ0v) is 12.0. The minimum atomic E-state index is -0.996. The molecule has 0 bridgehead atoms. The number of carboxylic acids is 1. The van der Waals surface area contributed by atoms with Crippen LogP contribution >= 0.6 is 0 Å². The number of nitro groups is 1. The number of hydrogen-bond acceptors (Lipinski definition) is 5. The Morgan fingerprint density at radius 1 is 1.43 bits per heavy atom. The van der Waals surface area contributed by atoms with Crippen molar-refractivity contribution in [1.82, 2.24) is 4.90 Å². The van der Waals surface area contributed by atoms with Gasteiger partial charge in [0.2, 0.25) is 0 Å². The van der Waals surface area contributed by atoms with E-state index in [-0.39, 0.29) is 29.4 Å². The SMILES string of the molecule is CC(CNc1ccc(C(=O)N(C)C)cc1[N+](=O)[O-])C(=O)O. The fourth-order valence-corrected chi connectivity index (χ4v) is 1.57. The number of carbonyl (C=O) groups is 2. The molecular formula is C13H17N3O5. The molecule has 0 aliphatic heterocycles. The number of hydrogen-bond donors (Lipinski definition) is 2. The summed E-state index contributed by atoms with van der Waals surface area (Å²) in [5, 5.41) is 22.6. The highest BCUT2D eigenvalue weighted by molar-refractivity contribution is 5.95. The third-order valence-electron chi connectivity index (χ3n) is 2.87. The first-order valence-corrected chi connectivity index (χ1v) is 6.20. The monoisotopic (exact) mass is 295 g/mol. The predicted octanol–water partition coefficient (Wildman–Crippen LogP) is 1.43. The molecule has 1 aromatic rings. The van der Waals surface area contributed by atoms with Gasteiger partial charge in [0.05, 0.1) is 10.8 Å². The predicted molar refractivity (Wildman–Crippen MR) is 76.4 cm³/mol. The van der Waals surface area contributed by atoms with Crippen molar-refractivity contribution in [3.63, 3.8) is 0 Å². The van der Waals surface area contributed by atoms with E-state index in [1.165, 1.54) is 30.0 Å². The first-order chi connectivity index (χ1) is 9.73. The molecule has 0 aliphatic rings. The molecule has 1 aromatic carbocycles. The van der Waals surface area contributed by atoms with Crippen molar-refractivity contribution in [2.75, 3.05) is 26.0 Å². The molecule has 0 saturated heterocycles. The first kappa shape index (κ1) is 16.4. The molecule has 1 unspecified atom stereocenters. The smallest absolute Gasteiger partial charge is 0.308 e. The number of nitro benzene ring substituents is 1. The molecule has 0 fully saturated rings. The van der Waals surface area contributed by atoms with E-state index in [4.69, 9.17) is 5.11 Å². The summed E-state index contributed by atoms with van der Waals surface area (Å²) in [6.07, 6.45) is 0. The lowest BCUT2D eigenvalue weighted by Crippen LogP contribution is -2.22. The van der Waals surface area contributed by atoms with Gasteiger partial charge in [-0.2, -0.15) is 0 Å². The van der Waals surface area contributed by atoms with Gasteiger partial charge in [-0.25, -0.2) is 0 Å². The molecule has 0 radical (unpaired) electrons. The molecule has 1 atom stereocenters. The van der Waals surface area contributed by atoms with E-state index < -0.39 is 16.8 Å². The van der Waals surface area contributed by atoms with Gasteiger partial charge in [0.15, 0.2) is 0 Å². The van der Waals surface area contributed by atoms with Crippen LogP contribution in [0.25, 0.3) is 0 Å². The summed E-state index contributed by atoms with van der Waals surface area (Å²) < 4.78 is 0. The van der Waals surface area contributed by atoms with Gasteiger partial charge in [0.25, 0.3) is 11.6 Å². The average molecular weight is 295 g/mol. The molecule has 1 amide bonds. The van der Waals surface area contributed by atoms with Gasteiger partial charge in [0, 0.05) is 32.3 Å². The van der Waals surface area contributed by atoms with Crippen molar-refractivity contribution in [3.8, 4) is 0 Å². The number of nitrogens with zero attached hydrogens (tertiary/aromatic N) is 2. The largest absolute Gasteiger partial charge is 0.481 e. The van der Waals surface area contributed by atoms with Crippen LogP contribution in [0.4, 0.5) is 11.4 Å². The second-order valence-electron chi connectivity index (χ2n) is 4.81. The Morgan fingerprint density at radius 3 is 2.52 bits per heavy atom. The molecule has 2 N–H and O–H groups in total. The highest BCUT2D eigenvalue weighted by Crippen LogP contribution is 2.26. The van der Waals surface area contributed by atoms with E-state index in [0.717, 1.165) is 0 Å². The van der Waals surface area contributed by atoms with E-state index in [1.54, 1.807) is 14.1 Å². The van der Waals surface area contributed by atoms with Crippen molar-refractivity contribution in [1.29, 1.82) is 0 Å². The number of nitrogens with one attached hydrogen (secondary N) is 1. The van der Waals surface area contributed by atoms with Crippen LogP contribution in [-0.4, -0.2) is 47.4 Å². The van der Waals surface area contributed by atoms with Gasteiger partial charge in [-0.1, -0.05) is 6.92 Å². The summed E-state index contributed by atoms with van der Waals surface area (Å²) >= 11 is 0. The second-order valence-corrected chi connectivity index (χ2v) is 4.81. The second kappa shape index (κ2) is 6.69. The number of carboxylic acid groups (broad SMARTS) is 1. The van der Waals surface area contributed by atoms with Crippen LogP contribution in [0.2, 0.25) is 0 Å². The number of aliphatic carboxylic acids is 1. The maximum Gasteiger partial charge on any atom is 0.308 e. The van der Waals surface area contributed by atoms with Gasteiger partial charge >= 0.3 is 5.97 Å². The molecule has 21 heavy (non-hydrogen) atoms. The average Bonchev–Trinajstić information content (AvgIpc) is 2.43. The van der Waals surface area contributed by atoms with E-state index in [1.807, 2.05) is 0 Å².